The second-order valence-corrected chi connectivity index (χ2v) is 4.12. The molecule has 4 heteroatoms. The number of nitrogens with two attached hydrogens (primary N) is 1. The zero-order valence-electron chi connectivity index (χ0n) is 9.65. The molecule has 0 radical (unpaired) electrons. The highest BCUT2D eigenvalue weighted by Crippen LogP contribution is 2.29. The van der Waals surface area contributed by atoms with Crippen molar-refractivity contribution in [2.24, 2.45) is 5.73 Å². The van der Waals surface area contributed by atoms with Gasteiger partial charge < -0.3 is 10.7 Å². The summed E-state index contributed by atoms with van der Waals surface area (Å²) in [5.41, 5.74) is 8.67. The lowest BCUT2D eigenvalue weighted by molar-refractivity contribution is 0.627. The van der Waals surface area contributed by atoms with Crippen LogP contribution in [-0.2, 0) is 6.54 Å². The zero-order valence-corrected chi connectivity index (χ0v) is 9.65. The summed E-state index contributed by atoms with van der Waals surface area (Å²) in [7, 11) is 0. The average molecular weight is 241 g/mol. The molecule has 0 amide bonds. The van der Waals surface area contributed by atoms with Gasteiger partial charge in [0.05, 0.1) is 6.20 Å². The van der Waals surface area contributed by atoms with E-state index in [4.69, 9.17) is 5.73 Å². The minimum Gasteiger partial charge on any atom is -0.346 e. The largest absolute Gasteiger partial charge is 0.346 e. The molecule has 0 saturated carbocycles. The van der Waals surface area contributed by atoms with E-state index >= 15 is 0 Å². The maximum absolute atomic E-state index is 14.0. The lowest BCUT2D eigenvalue weighted by atomic mass is 10.0. The summed E-state index contributed by atoms with van der Waals surface area (Å²) in [5.74, 6) is -0.317. The van der Waals surface area contributed by atoms with Crippen molar-refractivity contribution >= 4 is 11.0 Å². The summed E-state index contributed by atoms with van der Waals surface area (Å²) in [6.07, 6.45) is 3.00. The minimum atomic E-state index is -0.317. The van der Waals surface area contributed by atoms with Gasteiger partial charge in [-0.2, -0.15) is 0 Å². The molecule has 0 atom stereocenters. The fourth-order valence-corrected chi connectivity index (χ4v) is 2.08. The van der Waals surface area contributed by atoms with Crippen molar-refractivity contribution in [3.63, 3.8) is 0 Å². The Morgan fingerprint density at radius 2 is 1.94 bits per heavy atom. The third-order valence-electron chi connectivity index (χ3n) is 3.02. The number of nitrogens with zero attached hydrogens (tertiary/aromatic N) is 1. The third-order valence-corrected chi connectivity index (χ3v) is 3.02. The van der Waals surface area contributed by atoms with E-state index in [0.717, 1.165) is 16.5 Å². The van der Waals surface area contributed by atoms with Crippen molar-refractivity contribution in [3.05, 3.63) is 54.1 Å². The topological polar surface area (TPSA) is 54.7 Å². The van der Waals surface area contributed by atoms with Gasteiger partial charge in [0.15, 0.2) is 0 Å². The Bertz CT molecular complexity index is 686. The summed E-state index contributed by atoms with van der Waals surface area (Å²) in [5, 5.41) is 0.787. The lowest BCUT2D eigenvalue weighted by Gasteiger charge is -2.06. The van der Waals surface area contributed by atoms with Crippen molar-refractivity contribution < 1.29 is 4.39 Å². The van der Waals surface area contributed by atoms with Crippen LogP contribution in [-0.4, -0.2) is 9.97 Å². The molecule has 2 heterocycles. The first-order valence-electron chi connectivity index (χ1n) is 5.70. The van der Waals surface area contributed by atoms with Crippen LogP contribution in [0.4, 0.5) is 4.39 Å². The van der Waals surface area contributed by atoms with E-state index in [1.807, 2.05) is 30.3 Å². The van der Waals surface area contributed by atoms with Gasteiger partial charge in [0, 0.05) is 23.7 Å². The molecule has 90 valence electrons. The Kier molecular flexibility index (Phi) is 2.57. The van der Waals surface area contributed by atoms with Crippen molar-refractivity contribution in [2.45, 2.75) is 6.54 Å². The van der Waals surface area contributed by atoms with E-state index < -0.39 is 0 Å². The highest BCUT2D eigenvalue weighted by Gasteiger charge is 2.11. The van der Waals surface area contributed by atoms with Gasteiger partial charge in [-0.25, -0.2) is 9.37 Å². The number of hydrogen-bond acceptors (Lipinski definition) is 2. The van der Waals surface area contributed by atoms with Gasteiger partial charge in [0.25, 0.3) is 0 Å². The molecule has 0 spiro atoms. The van der Waals surface area contributed by atoms with Gasteiger partial charge in [-0.05, 0) is 17.2 Å². The normalized spacial score (nSPS) is 11.0. The number of rotatable bonds is 2. The SMILES string of the molecule is NCc1ccc(-c2c(F)cnc3[nH]ccc23)cc1. The third kappa shape index (κ3) is 1.67. The first kappa shape index (κ1) is 10.9. The number of nitrogens with one attached hydrogen (secondary N) is 1. The Balaban J connectivity index is 2.23. The van der Waals surface area contributed by atoms with E-state index in [2.05, 4.69) is 9.97 Å². The summed E-state index contributed by atoms with van der Waals surface area (Å²) in [6, 6.07) is 9.42. The molecule has 0 bridgehead atoms. The van der Waals surface area contributed by atoms with Crippen LogP contribution in [0.3, 0.4) is 0 Å². The van der Waals surface area contributed by atoms with Crippen LogP contribution in [0.15, 0.2) is 42.7 Å². The fraction of sp³-hybridized carbons (Fsp3) is 0.0714. The minimum absolute atomic E-state index is 0.317. The quantitative estimate of drug-likeness (QED) is 0.724. The van der Waals surface area contributed by atoms with Crippen LogP contribution < -0.4 is 5.73 Å². The maximum atomic E-state index is 14.0. The van der Waals surface area contributed by atoms with Gasteiger partial charge in [-0.1, -0.05) is 24.3 Å². The molecule has 1 aromatic carbocycles. The number of benzene rings is 1. The van der Waals surface area contributed by atoms with Crippen molar-refractivity contribution in [1.29, 1.82) is 0 Å². The summed E-state index contributed by atoms with van der Waals surface area (Å²) >= 11 is 0. The Morgan fingerprint density at radius 1 is 1.17 bits per heavy atom. The molecule has 3 rings (SSSR count). The number of pyridine rings is 1. The molecule has 0 unspecified atom stereocenters. The van der Waals surface area contributed by atoms with E-state index in [0.29, 0.717) is 17.8 Å². The van der Waals surface area contributed by atoms with Crippen LogP contribution in [0.5, 0.6) is 0 Å². The molecule has 0 fully saturated rings. The number of halogens is 1. The van der Waals surface area contributed by atoms with E-state index in [-0.39, 0.29) is 5.82 Å². The molecule has 3 aromatic rings. The van der Waals surface area contributed by atoms with Crippen LogP contribution in [0.1, 0.15) is 5.56 Å². The predicted octanol–water partition coefficient (Wildman–Crippen LogP) is 2.83. The van der Waals surface area contributed by atoms with Crippen molar-refractivity contribution in [2.75, 3.05) is 0 Å². The second-order valence-electron chi connectivity index (χ2n) is 4.12. The Labute approximate surface area is 103 Å². The average Bonchev–Trinajstić information content (AvgIpc) is 2.87. The Morgan fingerprint density at radius 3 is 2.67 bits per heavy atom. The highest BCUT2D eigenvalue weighted by atomic mass is 19.1. The first-order valence-corrected chi connectivity index (χ1v) is 5.70. The number of hydrogen-bond donors (Lipinski definition) is 2. The molecule has 2 aromatic heterocycles. The standard InChI is InChI=1S/C14H12FN3/c15-12-8-18-14-11(5-6-17-14)13(12)10-3-1-9(7-16)2-4-10/h1-6,8H,7,16H2,(H,17,18). The molecule has 0 saturated heterocycles. The molecule has 0 aliphatic heterocycles. The summed E-state index contributed by atoms with van der Waals surface area (Å²) < 4.78 is 14.0. The number of fused-ring (bicyclic) bond motifs is 1. The van der Waals surface area contributed by atoms with E-state index in [1.165, 1.54) is 6.20 Å². The van der Waals surface area contributed by atoms with Gasteiger partial charge in [-0.15, -0.1) is 0 Å². The van der Waals surface area contributed by atoms with Crippen LogP contribution in [0.25, 0.3) is 22.2 Å². The number of aromatic amines is 1. The van der Waals surface area contributed by atoms with Gasteiger partial charge in [-0.3, -0.25) is 0 Å². The van der Waals surface area contributed by atoms with Gasteiger partial charge in [0.1, 0.15) is 11.5 Å². The molecular weight excluding hydrogens is 229 g/mol. The van der Waals surface area contributed by atoms with Gasteiger partial charge in [0.2, 0.25) is 0 Å². The molecule has 18 heavy (non-hydrogen) atoms. The summed E-state index contributed by atoms with van der Waals surface area (Å²) in [6.45, 7) is 0.485. The Hall–Kier alpha value is -2.20. The molecule has 0 aliphatic rings. The zero-order chi connectivity index (χ0) is 12.5. The van der Waals surface area contributed by atoms with Crippen molar-refractivity contribution in [3.8, 4) is 11.1 Å². The molecule has 3 N–H and O–H groups in total. The lowest BCUT2D eigenvalue weighted by Crippen LogP contribution is -1.95. The molecule has 3 nitrogen and oxygen atoms in total. The number of aromatic nitrogens is 2. The summed E-state index contributed by atoms with van der Waals surface area (Å²) in [4.78, 5) is 6.99. The van der Waals surface area contributed by atoms with E-state index in [9.17, 15) is 4.39 Å². The fourth-order valence-electron chi connectivity index (χ4n) is 2.08. The van der Waals surface area contributed by atoms with Gasteiger partial charge >= 0.3 is 0 Å². The monoisotopic (exact) mass is 241 g/mol. The first-order chi connectivity index (χ1) is 8.79. The second kappa shape index (κ2) is 4.23. The molecule has 0 aliphatic carbocycles. The maximum Gasteiger partial charge on any atom is 0.150 e. The molecular formula is C14H12FN3. The number of H-pyrrole nitrogens is 1. The van der Waals surface area contributed by atoms with Crippen LogP contribution in [0, 0.1) is 5.82 Å². The smallest absolute Gasteiger partial charge is 0.150 e. The van der Waals surface area contributed by atoms with E-state index in [1.54, 1.807) is 6.20 Å². The van der Waals surface area contributed by atoms with Crippen LogP contribution >= 0.6 is 0 Å². The van der Waals surface area contributed by atoms with Crippen molar-refractivity contribution in [1.82, 2.24) is 9.97 Å². The predicted molar refractivity (Wildman–Crippen MR) is 69.4 cm³/mol. The van der Waals surface area contributed by atoms with Crippen LogP contribution in [0.2, 0.25) is 0 Å². The highest BCUT2D eigenvalue weighted by molar-refractivity contribution is 5.93.